The van der Waals surface area contributed by atoms with E-state index in [1.807, 2.05) is 18.2 Å². The van der Waals surface area contributed by atoms with Gasteiger partial charge in [0.15, 0.2) is 0 Å². The SMILES string of the molecule is O=C1Nc2ccccc2S/C1=C/c1ccc(OC(F)(F)F)cc1. The molecular formula is C16H10F3NO2S. The Kier molecular flexibility index (Phi) is 4.04. The maximum atomic E-state index is 12.1. The summed E-state index contributed by atoms with van der Waals surface area (Å²) in [6, 6.07) is 12.7. The molecule has 1 aliphatic heterocycles. The predicted molar refractivity (Wildman–Crippen MR) is 82.0 cm³/mol. The summed E-state index contributed by atoms with van der Waals surface area (Å²) < 4.78 is 40.2. The first-order chi connectivity index (χ1) is 10.9. The van der Waals surface area contributed by atoms with Crippen LogP contribution >= 0.6 is 11.8 Å². The van der Waals surface area contributed by atoms with Gasteiger partial charge in [0, 0.05) is 4.90 Å². The van der Waals surface area contributed by atoms with Crippen LogP contribution in [0.5, 0.6) is 5.75 Å². The third-order valence-electron chi connectivity index (χ3n) is 2.99. The van der Waals surface area contributed by atoms with Crippen LogP contribution < -0.4 is 10.1 Å². The van der Waals surface area contributed by atoms with Gasteiger partial charge in [-0.2, -0.15) is 0 Å². The number of rotatable bonds is 2. The molecule has 2 aromatic rings. The molecule has 0 fully saturated rings. The molecule has 0 radical (unpaired) electrons. The van der Waals surface area contributed by atoms with Gasteiger partial charge in [0.25, 0.3) is 5.91 Å². The van der Waals surface area contributed by atoms with Gasteiger partial charge < -0.3 is 10.1 Å². The van der Waals surface area contributed by atoms with E-state index in [0.717, 1.165) is 10.6 Å². The molecule has 0 aliphatic carbocycles. The number of anilines is 1. The van der Waals surface area contributed by atoms with Gasteiger partial charge in [0.2, 0.25) is 0 Å². The first-order valence-electron chi connectivity index (χ1n) is 6.56. The molecule has 0 aromatic heterocycles. The third kappa shape index (κ3) is 3.87. The van der Waals surface area contributed by atoms with Crippen molar-refractivity contribution in [2.24, 2.45) is 0 Å². The highest BCUT2D eigenvalue weighted by Crippen LogP contribution is 2.38. The Bertz CT molecular complexity index is 770. The molecule has 0 bridgehead atoms. The Morgan fingerprint density at radius 3 is 2.43 bits per heavy atom. The van der Waals surface area contributed by atoms with E-state index in [-0.39, 0.29) is 11.7 Å². The Balaban J connectivity index is 1.80. The van der Waals surface area contributed by atoms with Gasteiger partial charge in [0.05, 0.1) is 10.6 Å². The molecule has 1 amide bonds. The summed E-state index contributed by atoms with van der Waals surface area (Å²) in [5, 5.41) is 2.77. The minimum absolute atomic E-state index is 0.246. The van der Waals surface area contributed by atoms with Crippen LogP contribution in [0.15, 0.2) is 58.3 Å². The Morgan fingerprint density at radius 1 is 1.04 bits per heavy atom. The molecule has 0 saturated heterocycles. The van der Waals surface area contributed by atoms with Crippen molar-refractivity contribution in [2.75, 3.05) is 5.32 Å². The fourth-order valence-electron chi connectivity index (χ4n) is 2.02. The zero-order valence-electron chi connectivity index (χ0n) is 11.6. The number of thioether (sulfide) groups is 1. The maximum Gasteiger partial charge on any atom is 0.573 e. The third-order valence-corrected chi connectivity index (χ3v) is 4.09. The maximum absolute atomic E-state index is 12.1. The number of amides is 1. The summed E-state index contributed by atoms with van der Waals surface area (Å²) in [5.41, 5.74) is 1.35. The van der Waals surface area contributed by atoms with E-state index in [1.54, 1.807) is 12.1 Å². The molecule has 1 N–H and O–H groups in total. The van der Waals surface area contributed by atoms with Gasteiger partial charge >= 0.3 is 6.36 Å². The molecule has 0 atom stereocenters. The molecule has 1 aliphatic rings. The second kappa shape index (κ2) is 6.00. The lowest BCUT2D eigenvalue weighted by molar-refractivity contribution is -0.274. The second-order valence-corrected chi connectivity index (χ2v) is 5.76. The van der Waals surface area contributed by atoms with Crippen LogP contribution in [-0.2, 0) is 4.79 Å². The average molecular weight is 337 g/mol. The minimum atomic E-state index is -4.72. The molecule has 0 unspecified atom stereocenters. The Morgan fingerprint density at radius 2 is 1.74 bits per heavy atom. The molecule has 7 heteroatoms. The van der Waals surface area contributed by atoms with Crippen molar-refractivity contribution in [1.29, 1.82) is 0 Å². The van der Waals surface area contributed by atoms with Crippen molar-refractivity contribution in [1.82, 2.24) is 0 Å². The first kappa shape index (κ1) is 15.5. The van der Waals surface area contributed by atoms with Crippen LogP contribution in [-0.4, -0.2) is 12.3 Å². The van der Waals surface area contributed by atoms with E-state index < -0.39 is 6.36 Å². The fourth-order valence-corrected chi connectivity index (χ4v) is 2.97. The zero-order chi connectivity index (χ0) is 16.4. The van der Waals surface area contributed by atoms with Gasteiger partial charge in [-0.25, -0.2) is 0 Å². The molecule has 0 spiro atoms. The number of fused-ring (bicyclic) bond motifs is 1. The number of ether oxygens (including phenoxy) is 1. The number of nitrogens with one attached hydrogen (secondary N) is 1. The van der Waals surface area contributed by atoms with Crippen LogP contribution in [0, 0.1) is 0 Å². The number of para-hydroxylation sites is 1. The monoisotopic (exact) mass is 337 g/mol. The van der Waals surface area contributed by atoms with E-state index in [1.165, 1.54) is 36.0 Å². The summed E-state index contributed by atoms with van der Waals surface area (Å²) >= 11 is 1.31. The van der Waals surface area contributed by atoms with Gasteiger partial charge in [-0.15, -0.1) is 13.2 Å². The van der Waals surface area contributed by atoms with Crippen molar-refractivity contribution in [3.63, 3.8) is 0 Å². The lowest BCUT2D eigenvalue weighted by Crippen LogP contribution is -2.17. The zero-order valence-corrected chi connectivity index (χ0v) is 12.4. The van der Waals surface area contributed by atoms with Gasteiger partial charge in [0.1, 0.15) is 5.75 Å². The summed E-state index contributed by atoms with van der Waals surface area (Å²) in [6.07, 6.45) is -3.10. The molecule has 3 nitrogen and oxygen atoms in total. The van der Waals surface area contributed by atoms with E-state index in [9.17, 15) is 18.0 Å². The standard InChI is InChI=1S/C16H10F3NO2S/c17-16(18,19)22-11-7-5-10(6-8-11)9-14-15(21)20-12-3-1-2-4-13(12)23-14/h1-9H,(H,20,21)/b14-9+. The number of carbonyl (C=O) groups excluding carboxylic acids is 1. The van der Waals surface area contributed by atoms with Crippen molar-refractivity contribution in [2.45, 2.75) is 11.3 Å². The molecular weight excluding hydrogens is 327 g/mol. The van der Waals surface area contributed by atoms with Crippen molar-refractivity contribution >= 4 is 29.4 Å². The summed E-state index contributed by atoms with van der Waals surface area (Å²) in [6.45, 7) is 0. The lowest BCUT2D eigenvalue weighted by Gasteiger charge is -2.18. The number of benzene rings is 2. The van der Waals surface area contributed by atoms with Crippen LogP contribution in [0.1, 0.15) is 5.56 Å². The minimum Gasteiger partial charge on any atom is -0.406 e. The van der Waals surface area contributed by atoms with Crippen LogP contribution in [0.2, 0.25) is 0 Å². The highest BCUT2D eigenvalue weighted by Gasteiger charge is 2.31. The van der Waals surface area contributed by atoms with E-state index in [0.29, 0.717) is 10.5 Å². The molecule has 0 saturated carbocycles. The van der Waals surface area contributed by atoms with Crippen LogP contribution in [0.25, 0.3) is 6.08 Å². The molecule has 23 heavy (non-hydrogen) atoms. The van der Waals surface area contributed by atoms with E-state index >= 15 is 0 Å². The lowest BCUT2D eigenvalue weighted by atomic mass is 10.2. The summed E-state index contributed by atoms with van der Waals surface area (Å²) in [7, 11) is 0. The fraction of sp³-hybridized carbons (Fsp3) is 0.0625. The van der Waals surface area contributed by atoms with E-state index in [2.05, 4.69) is 10.1 Å². The van der Waals surface area contributed by atoms with Crippen molar-refractivity contribution < 1.29 is 22.7 Å². The molecule has 2 aromatic carbocycles. The molecule has 1 heterocycles. The van der Waals surface area contributed by atoms with Crippen LogP contribution in [0.4, 0.5) is 18.9 Å². The quantitative estimate of drug-likeness (QED) is 0.809. The van der Waals surface area contributed by atoms with Gasteiger partial charge in [-0.3, -0.25) is 4.79 Å². The largest absolute Gasteiger partial charge is 0.573 e. The molecule has 3 rings (SSSR count). The second-order valence-electron chi connectivity index (χ2n) is 4.68. The number of carbonyl (C=O) groups is 1. The van der Waals surface area contributed by atoms with Gasteiger partial charge in [-0.1, -0.05) is 36.0 Å². The Labute approximate surface area is 134 Å². The highest BCUT2D eigenvalue weighted by atomic mass is 32.2. The number of halogens is 3. The topological polar surface area (TPSA) is 38.3 Å². The molecule has 118 valence electrons. The number of alkyl halides is 3. The van der Waals surface area contributed by atoms with Crippen molar-refractivity contribution in [3.8, 4) is 5.75 Å². The Hall–Kier alpha value is -2.41. The summed E-state index contributed by atoms with van der Waals surface area (Å²) in [5.74, 6) is -0.546. The van der Waals surface area contributed by atoms with E-state index in [4.69, 9.17) is 0 Å². The van der Waals surface area contributed by atoms with Crippen LogP contribution in [0.3, 0.4) is 0 Å². The average Bonchev–Trinajstić information content (AvgIpc) is 2.48. The normalized spacial score (nSPS) is 16.0. The number of hydrogen-bond acceptors (Lipinski definition) is 3. The smallest absolute Gasteiger partial charge is 0.406 e. The predicted octanol–water partition coefficient (Wildman–Crippen LogP) is 4.67. The highest BCUT2D eigenvalue weighted by molar-refractivity contribution is 8.04. The summed E-state index contributed by atoms with van der Waals surface area (Å²) in [4.78, 5) is 13.4. The van der Waals surface area contributed by atoms with Crippen molar-refractivity contribution in [3.05, 3.63) is 59.0 Å². The van der Waals surface area contributed by atoms with Gasteiger partial charge in [-0.05, 0) is 35.9 Å². The first-order valence-corrected chi connectivity index (χ1v) is 7.38. The number of hydrogen-bond donors (Lipinski definition) is 1.